The van der Waals surface area contributed by atoms with Gasteiger partial charge in [0.2, 0.25) is 0 Å². The molecule has 0 radical (unpaired) electrons. The number of rotatable bonds is 6. The Morgan fingerprint density at radius 2 is 1.74 bits per heavy atom. The smallest absolute Gasteiger partial charge is 0.0365 e. The minimum absolute atomic E-state index is 0.538. The molecule has 2 heteroatoms. The minimum atomic E-state index is 0.538. The van der Waals surface area contributed by atoms with Crippen LogP contribution in [0, 0.1) is 5.92 Å². The van der Waals surface area contributed by atoms with E-state index in [4.69, 9.17) is 0 Å². The first-order chi connectivity index (χ1) is 9.37. The van der Waals surface area contributed by atoms with Gasteiger partial charge in [0.15, 0.2) is 0 Å². The lowest BCUT2D eigenvalue weighted by Crippen LogP contribution is -2.62. The third kappa shape index (κ3) is 2.85. The molecule has 1 N–H and O–H groups in total. The molecule has 3 fully saturated rings. The van der Waals surface area contributed by atoms with Crippen LogP contribution in [0.1, 0.15) is 71.1 Å². The zero-order valence-corrected chi connectivity index (χ0v) is 12.8. The fourth-order valence-electron chi connectivity index (χ4n) is 4.68. The molecule has 1 saturated heterocycles. The van der Waals surface area contributed by atoms with Gasteiger partial charge in [-0.3, -0.25) is 4.90 Å². The highest BCUT2D eigenvalue weighted by Gasteiger charge is 2.50. The second-order valence-corrected chi connectivity index (χ2v) is 7.13. The van der Waals surface area contributed by atoms with Crippen molar-refractivity contribution < 1.29 is 0 Å². The lowest BCUT2D eigenvalue weighted by Gasteiger charge is -2.49. The van der Waals surface area contributed by atoms with E-state index in [1.165, 1.54) is 83.8 Å². The highest BCUT2D eigenvalue weighted by atomic mass is 15.2. The standard InChI is InChI=1S/C17H32N2/c1-2-12-18-16(15-8-9-15)17(10-4-5-11-17)19-13-6-3-7-14-19/h15-16,18H,2-14H2,1H3. The van der Waals surface area contributed by atoms with Crippen LogP contribution in [-0.2, 0) is 0 Å². The van der Waals surface area contributed by atoms with Crippen LogP contribution in [0.25, 0.3) is 0 Å². The number of nitrogens with zero attached hydrogens (tertiary/aromatic N) is 1. The SMILES string of the molecule is CCCNC(C1CC1)C1(N2CCCCC2)CCCC1. The number of likely N-dealkylation sites (tertiary alicyclic amines) is 1. The van der Waals surface area contributed by atoms with Gasteiger partial charge in [-0.1, -0.05) is 26.2 Å². The summed E-state index contributed by atoms with van der Waals surface area (Å²) in [4.78, 5) is 2.91. The predicted octanol–water partition coefficient (Wildman–Crippen LogP) is 3.56. The normalized spacial score (nSPS) is 29.5. The van der Waals surface area contributed by atoms with Crippen molar-refractivity contribution in [1.82, 2.24) is 10.2 Å². The second kappa shape index (κ2) is 6.13. The number of hydrogen-bond donors (Lipinski definition) is 1. The summed E-state index contributed by atoms with van der Waals surface area (Å²) >= 11 is 0. The Morgan fingerprint density at radius 1 is 1.05 bits per heavy atom. The third-order valence-electron chi connectivity index (χ3n) is 5.74. The average Bonchev–Trinajstić information content (AvgIpc) is 3.17. The van der Waals surface area contributed by atoms with Crippen LogP contribution >= 0.6 is 0 Å². The molecule has 0 spiro atoms. The maximum Gasteiger partial charge on any atom is 0.0365 e. The van der Waals surface area contributed by atoms with Gasteiger partial charge in [0, 0.05) is 11.6 Å². The van der Waals surface area contributed by atoms with E-state index in [1.54, 1.807) is 0 Å². The van der Waals surface area contributed by atoms with Crippen molar-refractivity contribution in [3.63, 3.8) is 0 Å². The molecular formula is C17H32N2. The summed E-state index contributed by atoms with van der Waals surface area (Å²) in [6.07, 6.45) is 14.4. The maximum atomic E-state index is 3.97. The van der Waals surface area contributed by atoms with Gasteiger partial charge in [0.05, 0.1) is 0 Å². The third-order valence-corrected chi connectivity index (χ3v) is 5.74. The minimum Gasteiger partial charge on any atom is -0.312 e. The summed E-state index contributed by atoms with van der Waals surface area (Å²) in [6, 6.07) is 0.799. The van der Waals surface area contributed by atoms with Gasteiger partial charge in [0.25, 0.3) is 0 Å². The number of hydrogen-bond acceptors (Lipinski definition) is 2. The van der Waals surface area contributed by atoms with E-state index < -0.39 is 0 Å². The summed E-state index contributed by atoms with van der Waals surface area (Å²) in [5.74, 6) is 0.992. The van der Waals surface area contributed by atoms with Crippen molar-refractivity contribution >= 4 is 0 Å². The molecule has 0 aromatic carbocycles. The molecule has 110 valence electrons. The maximum absolute atomic E-state index is 3.97. The number of piperidine rings is 1. The van der Waals surface area contributed by atoms with E-state index in [0.717, 1.165) is 12.0 Å². The first kappa shape index (κ1) is 13.9. The van der Waals surface area contributed by atoms with Gasteiger partial charge in [-0.2, -0.15) is 0 Å². The Kier molecular flexibility index (Phi) is 4.48. The summed E-state index contributed by atoms with van der Waals surface area (Å²) in [5, 5.41) is 3.97. The van der Waals surface area contributed by atoms with E-state index in [2.05, 4.69) is 17.1 Å². The largest absolute Gasteiger partial charge is 0.312 e. The molecule has 3 rings (SSSR count). The molecule has 3 aliphatic rings. The monoisotopic (exact) mass is 264 g/mol. The Bertz CT molecular complexity index is 273. The lowest BCUT2D eigenvalue weighted by molar-refractivity contribution is 0.0297. The Morgan fingerprint density at radius 3 is 2.32 bits per heavy atom. The molecule has 0 aromatic heterocycles. The number of nitrogens with one attached hydrogen (secondary N) is 1. The zero-order chi connectivity index (χ0) is 13.1. The molecule has 2 aliphatic carbocycles. The van der Waals surface area contributed by atoms with Gasteiger partial charge in [-0.25, -0.2) is 0 Å². The molecule has 0 amide bonds. The van der Waals surface area contributed by atoms with E-state index >= 15 is 0 Å². The Labute approximate surface area is 119 Å². The molecular weight excluding hydrogens is 232 g/mol. The van der Waals surface area contributed by atoms with Crippen molar-refractivity contribution in [3.8, 4) is 0 Å². The Balaban J connectivity index is 1.76. The summed E-state index contributed by atoms with van der Waals surface area (Å²) < 4.78 is 0. The Hall–Kier alpha value is -0.0800. The van der Waals surface area contributed by atoms with E-state index in [1.807, 2.05) is 0 Å². The van der Waals surface area contributed by atoms with Crippen LogP contribution in [0.15, 0.2) is 0 Å². The quantitative estimate of drug-likeness (QED) is 0.789. The molecule has 0 aromatic rings. The van der Waals surface area contributed by atoms with Crippen molar-refractivity contribution in [1.29, 1.82) is 0 Å². The second-order valence-electron chi connectivity index (χ2n) is 7.13. The van der Waals surface area contributed by atoms with Crippen molar-refractivity contribution in [2.45, 2.75) is 82.7 Å². The van der Waals surface area contributed by atoms with Crippen molar-refractivity contribution in [2.75, 3.05) is 19.6 Å². The summed E-state index contributed by atoms with van der Waals surface area (Å²) in [6.45, 7) is 6.27. The van der Waals surface area contributed by atoms with E-state index in [-0.39, 0.29) is 0 Å². The fraction of sp³-hybridized carbons (Fsp3) is 1.00. The summed E-state index contributed by atoms with van der Waals surface area (Å²) in [5.41, 5.74) is 0.538. The van der Waals surface area contributed by atoms with Gasteiger partial charge in [-0.15, -0.1) is 0 Å². The van der Waals surface area contributed by atoms with E-state index in [0.29, 0.717) is 5.54 Å². The highest BCUT2D eigenvalue weighted by Crippen LogP contribution is 2.47. The molecule has 19 heavy (non-hydrogen) atoms. The molecule has 1 unspecified atom stereocenters. The van der Waals surface area contributed by atoms with Gasteiger partial charge in [0.1, 0.15) is 0 Å². The molecule has 2 nitrogen and oxygen atoms in total. The predicted molar refractivity (Wildman–Crippen MR) is 81.4 cm³/mol. The first-order valence-electron chi connectivity index (χ1n) is 8.85. The van der Waals surface area contributed by atoms with Crippen LogP contribution in [0.5, 0.6) is 0 Å². The molecule has 1 atom stereocenters. The topological polar surface area (TPSA) is 15.3 Å². The van der Waals surface area contributed by atoms with Gasteiger partial charge >= 0.3 is 0 Å². The summed E-state index contributed by atoms with van der Waals surface area (Å²) in [7, 11) is 0. The van der Waals surface area contributed by atoms with Crippen LogP contribution < -0.4 is 5.32 Å². The van der Waals surface area contributed by atoms with Crippen LogP contribution in [-0.4, -0.2) is 36.1 Å². The first-order valence-corrected chi connectivity index (χ1v) is 8.85. The van der Waals surface area contributed by atoms with Crippen LogP contribution in [0.4, 0.5) is 0 Å². The van der Waals surface area contributed by atoms with Crippen LogP contribution in [0.2, 0.25) is 0 Å². The fourth-order valence-corrected chi connectivity index (χ4v) is 4.68. The molecule has 1 aliphatic heterocycles. The average molecular weight is 264 g/mol. The molecule has 0 bridgehead atoms. The van der Waals surface area contributed by atoms with Gasteiger partial charge in [-0.05, 0) is 70.5 Å². The zero-order valence-electron chi connectivity index (χ0n) is 12.8. The van der Waals surface area contributed by atoms with Crippen LogP contribution in [0.3, 0.4) is 0 Å². The molecule has 1 heterocycles. The van der Waals surface area contributed by atoms with Gasteiger partial charge < -0.3 is 5.32 Å². The van der Waals surface area contributed by atoms with E-state index in [9.17, 15) is 0 Å². The highest BCUT2D eigenvalue weighted by molar-refractivity contribution is 5.09. The molecule has 2 saturated carbocycles. The van der Waals surface area contributed by atoms with Crippen molar-refractivity contribution in [3.05, 3.63) is 0 Å². The van der Waals surface area contributed by atoms with Crippen molar-refractivity contribution in [2.24, 2.45) is 5.92 Å². The lowest BCUT2D eigenvalue weighted by atomic mass is 9.81.